The Kier molecular flexibility index (Phi) is 156. The summed E-state index contributed by atoms with van der Waals surface area (Å²) in [4.78, 5) is 0. The zero-order valence-electron chi connectivity index (χ0n) is 31.4. The fourth-order valence-electron chi connectivity index (χ4n) is 2.91. The molecular formula is C34H74N2O4S2Sn4. The zero-order valence-corrected chi connectivity index (χ0v) is 44.4. The molecule has 272 valence electrons. The van der Waals surface area contributed by atoms with Crippen LogP contribution >= 0.6 is 0 Å². The van der Waals surface area contributed by atoms with Gasteiger partial charge in [-0.3, -0.25) is 0 Å². The number of rotatable bonds is 24. The topological polar surface area (TPSA) is 165 Å². The second-order valence-electron chi connectivity index (χ2n) is 10.0. The zero-order chi connectivity index (χ0) is 33.2. The average molecular weight is 1110 g/mol. The molecule has 0 aliphatic heterocycles. The number of unbranched alkanes of at least 4 members (excludes halogenated alkanes) is 8. The molecular weight excluding hydrogens is 1040 g/mol. The summed E-state index contributed by atoms with van der Waals surface area (Å²) in [5, 5.41) is 16.9. The SMILES string of the molecule is CCC[CH2][Sn+2][CH2]CCC.CCC[CH2][Sn+2][CH2]CCC.CCC[CH2][Sn+2][CH2]CCC.CCC[CH2][Sn+2][CH2]CCC.N#C[S-].N#C[S-].[O-2].[O-2].[OH-].[OH-]. The maximum atomic E-state index is 7.13. The minimum atomic E-state index is 0. The quantitative estimate of drug-likeness (QED) is 0.0404. The molecule has 0 amide bonds. The van der Waals surface area contributed by atoms with Crippen molar-refractivity contribution in [2.24, 2.45) is 0 Å². The first kappa shape index (κ1) is 73.8. The fraction of sp³-hybridized carbons (Fsp3) is 0.941. The fourth-order valence-corrected chi connectivity index (χ4v) is 19.5. The van der Waals surface area contributed by atoms with Gasteiger partial charge in [-0.05, 0) is 0 Å². The third-order valence-corrected chi connectivity index (χ3v) is 21.8. The first-order chi connectivity index (χ1) is 20.5. The van der Waals surface area contributed by atoms with Crippen molar-refractivity contribution in [1.82, 2.24) is 0 Å². The van der Waals surface area contributed by atoms with Gasteiger partial charge >= 0.3 is 278 Å². The maximum Gasteiger partial charge on any atom is -0.0797 e. The number of hydrogen-bond acceptors (Lipinski definition) is 6. The van der Waals surface area contributed by atoms with Crippen molar-refractivity contribution in [3.63, 3.8) is 0 Å². The van der Waals surface area contributed by atoms with Crippen molar-refractivity contribution in [2.45, 2.75) is 194 Å². The van der Waals surface area contributed by atoms with Crippen molar-refractivity contribution in [1.29, 1.82) is 10.5 Å². The van der Waals surface area contributed by atoms with Gasteiger partial charge in [0.2, 0.25) is 0 Å². The van der Waals surface area contributed by atoms with E-state index in [2.05, 4.69) is 80.6 Å². The van der Waals surface area contributed by atoms with Gasteiger partial charge in [0.1, 0.15) is 0 Å². The molecule has 0 saturated carbocycles. The molecule has 0 fully saturated rings. The van der Waals surface area contributed by atoms with E-state index in [1.54, 1.807) is 35.5 Å². The molecule has 0 radical (unpaired) electrons. The molecule has 0 unspecified atom stereocenters. The molecule has 0 aromatic heterocycles. The summed E-state index contributed by atoms with van der Waals surface area (Å²) in [6.07, 6.45) is 23.4. The summed E-state index contributed by atoms with van der Waals surface area (Å²) < 4.78 is 13.0. The van der Waals surface area contributed by atoms with Gasteiger partial charge in [-0.1, -0.05) is 10.8 Å². The summed E-state index contributed by atoms with van der Waals surface area (Å²) in [6, 6.07) is 0. The van der Waals surface area contributed by atoms with Gasteiger partial charge in [-0.15, -0.1) is 0 Å². The molecule has 12 heteroatoms. The van der Waals surface area contributed by atoms with Crippen LogP contribution in [-0.2, 0) is 36.2 Å². The van der Waals surface area contributed by atoms with Crippen LogP contribution in [0.5, 0.6) is 0 Å². The second kappa shape index (κ2) is 97.2. The smallest absolute Gasteiger partial charge is 0.0797 e. The monoisotopic (exact) mass is 1120 g/mol. The number of thiocyanates is 2. The van der Waals surface area contributed by atoms with Crippen molar-refractivity contribution < 1.29 is 21.9 Å². The van der Waals surface area contributed by atoms with Gasteiger partial charge in [-0.25, -0.2) is 10.5 Å². The molecule has 6 nitrogen and oxygen atoms in total. The largest absolute Gasteiger partial charge is 2.00 e. The van der Waals surface area contributed by atoms with E-state index in [0.29, 0.717) is 0 Å². The molecule has 0 aromatic carbocycles. The standard InChI is InChI=1S/8C4H9.2CHNS.2H2O.2O.4Sn/c8*1-3-4-2;2*2-1-3;;;;;;;;/h8*1,3-4H2,2H3;2*3H;2*1H2;;;;;;/q;;;;;;;;;;;;2*-2;4*+2/p-4. The van der Waals surface area contributed by atoms with Gasteiger partial charge in [0.25, 0.3) is 0 Å². The summed E-state index contributed by atoms with van der Waals surface area (Å²) >= 11 is 8.00. The van der Waals surface area contributed by atoms with Crippen LogP contribution in [-0.4, -0.2) is 95.5 Å². The van der Waals surface area contributed by atoms with Crippen molar-refractivity contribution >= 4 is 110 Å². The first-order valence-corrected chi connectivity index (χ1v) is 34.3. The van der Waals surface area contributed by atoms with E-state index in [9.17, 15) is 0 Å². The Morgan fingerprint density at radius 2 is 0.435 bits per heavy atom. The summed E-state index contributed by atoms with van der Waals surface area (Å²) in [5.41, 5.74) is 0. The minimum absolute atomic E-state index is 0. The first-order valence-electron chi connectivity index (χ1n) is 17.3. The van der Waals surface area contributed by atoms with Gasteiger partial charge in [0.15, 0.2) is 0 Å². The van der Waals surface area contributed by atoms with Crippen LogP contribution in [0.15, 0.2) is 0 Å². The Morgan fingerprint density at radius 3 is 0.500 bits per heavy atom. The normalized spacial score (nSPS) is 7.43. The van der Waals surface area contributed by atoms with E-state index >= 15 is 0 Å². The summed E-state index contributed by atoms with van der Waals surface area (Å²) in [6.45, 7) is 18.3. The molecule has 0 saturated heterocycles. The van der Waals surface area contributed by atoms with Crippen LogP contribution in [0.1, 0.15) is 158 Å². The van der Waals surface area contributed by atoms with E-state index < -0.39 is 0 Å². The van der Waals surface area contributed by atoms with Gasteiger partial charge in [0.05, 0.1) is 0 Å². The van der Waals surface area contributed by atoms with E-state index in [4.69, 9.17) is 10.5 Å². The molecule has 0 aromatic rings. The molecule has 0 spiro atoms. The van der Waals surface area contributed by atoms with Crippen LogP contribution in [0.2, 0.25) is 35.5 Å². The summed E-state index contributed by atoms with van der Waals surface area (Å²) in [5.74, 6) is 0. The van der Waals surface area contributed by atoms with Crippen molar-refractivity contribution in [2.75, 3.05) is 0 Å². The molecule has 46 heavy (non-hydrogen) atoms. The molecule has 0 aliphatic carbocycles. The van der Waals surface area contributed by atoms with Crippen LogP contribution in [0.25, 0.3) is 0 Å². The van der Waals surface area contributed by atoms with Gasteiger partial charge in [0, 0.05) is 0 Å². The number of nitriles is 2. The minimum Gasteiger partial charge on any atom is -2.00 e. The third kappa shape index (κ3) is 137. The van der Waals surface area contributed by atoms with E-state index in [1.165, 1.54) is 114 Å². The Labute approximate surface area is 342 Å². The number of nitrogens with zero attached hydrogens (tertiary/aromatic N) is 2. The Balaban J connectivity index is -0.0000000431. The second-order valence-corrected chi connectivity index (χ2v) is 27.5. The van der Waals surface area contributed by atoms with Crippen LogP contribution in [0.3, 0.4) is 0 Å². The van der Waals surface area contributed by atoms with E-state index in [-0.39, 0.29) is 106 Å². The Bertz CT molecular complexity index is 376. The molecule has 0 atom stereocenters. The van der Waals surface area contributed by atoms with Gasteiger partial charge < -0.3 is 47.2 Å². The molecule has 2 N–H and O–H groups in total. The number of hydrogen-bond donors (Lipinski definition) is 0. The molecule has 0 heterocycles. The van der Waals surface area contributed by atoms with Crippen LogP contribution in [0, 0.1) is 21.3 Å². The van der Waals surface area contributed by atoms with Gasteiger partial charge in [-0.2, -0.15) is 0 Å². The predicted molar refractivity (Wildman–Crippen MR) is 212 cm³/mol. The van der Waals surface area contributed by atoms with E-state index in [1.807, 2.05) is 0 Å². The summed E-state index contributed by atoms with van der Waals surface area (Å²) in [7, 11) is 0. The van der Waals surface area contributed by atoms with Crippen LogP contribution < -0.4 is 0 Å². The van der Waals surface area contributed by atoms with E-state index in [0.717, 1.165) is 0 Å². The predicted octanol–water partition coefficient (Wildman–Crippen LogP) is 11.9. The average Bonchev–Trinajstić information content (AvgIpc) is 2.99. The van der Waals surface area contributed by atoms with Crippen molar-refractivity contribution in [3.8, 4) is 10.8 Å². The molecule has 0 aliphatic rings. The maximum absolute atomic E-state index is 7.13. The van der Waals surface area contributed by atoms with Crippen molar-refractivity contribution in [3.05, 3.63) is 0 Å². The third-order valence-electron chi connectivity index (χ3n) is 5.66. The Hall–Kier alpha value is 2.45. The Morgan fingerprint density at radius 1 is 0.348 bits per heavy atom. The molecule has 0 rings (SSSR count). The molecule has 0 bridgehead atoms. The van der Waals surface area contributed by atoms with Crippen LogP contribution in [0.4, 0.5) is 0 Å².